The summed E-state index contributed by atoms with van der Waals surface area (Å²) < 4.78 is 30.7. The van der Waals surface area contributed by atoms with Crippen molar-refractivity contribution < 1.29 is 17.4 Å². The van der Waals surface area contributed by atoms with Gasteiger partial charge in [-0.05, 0) is 55.0 Å². The zero-order chi connectivity index (χ0) is 23.4. The van der Waals surface area contributed by atoms with Gasteiger partial charge in [-0.25, -0.2) is 0 Å². The average Bonchev–Trinajstić information content (AvgIpc) is 2.64. The molecule has 2 rings (SSSR count). The molecule has 0 heterocycles. The fraction of sp³-hybridized carbons (Fsp3) is 0.458. The van der Waals surface area contributed by atoms with Gasteiger partial charge in [0.05, 0.1) is 5.02 Å². The highest BCUT2D eigenvalue weighted by atomic mass is 35.5. The van der Waals surface area contributed by atoms with Crippen LogP contribution in [0.2, 0.25) is 5.02 Å². The molecule has 31 heavy (non-hydrogen) atoms. The minimum absolute atomic E-state index is 0.0311. The predicted octanol–water partition coefficient (Wildman–Crippen LogP) is 5.98. The number of carbonyl (C=O) groups excluding carboxylic acids is 1. The van der Waals surface area contributed by atoms with Crippen LogP contribution in [0.4, 0.5) is 0 Å². The molecule has 0 unspecified atom stereocenters. The highest BCUT2D eigenvalue weighted by Crippen LogP contribution is 2.28. The van der Waals surface area contributed by atoms with Crippen molar-refractivity contribution in [2.24, 2.45) is 5.41 Å². The molecule has 1 amide bonds. The number of hydrogen-bond donors (Lipinski definition) is 0. The number of carbonyl (C=O) groups is 1. The van der Waals surface area contributed by atoms with Crippen LogP contribution in [0, 0.1) is 12.3 Å². The Hall–Kier alpha value is -2.05. The quantitative estimate of drug-likeness (QED) is 0.450. The molecular formula is C24H32ClNO4S. The smallest absolute Gasteiger partial charge is 0.340 e. The first kappa shape index (κ1) is 25.2. The lowest BCUT2D eigenvalue weighted by Gasteiger charge is -2.31. The van der Waals surface area contributed by atoms with Crippen LogP contribution < -0.4 is 4.18 Å². The van der Waals surface area contributed by atoms with Crippen LogP contribution in [0.15, 0.2) is 47.4 Å². The normalized spacial score (nSPS) is 13.0. The summed E-state index contributed by atoms with van der Waals surface area (Å²) in [6.45, 7) is 12.4. The van der Waals surface area contributed by atoms with Gasteiger partial charge in [-0.3, -0.25) is 4.79 Å². The molecule has 0 bridgehead atoms. The van der Waals surface area contributed by atoms with Gasteiger partial charge in [0.1, 0.15) is 10.6 Å². The van der Waals surface area contributed by atoms with Crippen molar-refractivity contribution in [2.75, 3.05) is 0 Å². The highest BCUT2D eigenvalue weighted by molar-refractivity contribution is 7.87. The molecule has 0 radical (unpaired) electrons. The number of benzene rings is 2. The number of nitrogens with zero attached hydrogens (tertiary/aromatic N) is 1. The number of halogens is 1. The molecule has 2 aromatic carbocycles. The van der Waals surface area contributed by atoms with E-state index in [1.165, 1.54) is 6.07 Å². The molecule has 0 aliphatic carbocycles. The standard InChI is InChI=1S/C24H32ClNO4S/c1-7-18(3)26(22(27)15-24(4,5)6)16-19-11-13-20(14-12-19)30-31(28,29)23-17(2)9-8-10-21(23)25/h8-14,18H,7,15-16H2,1-6H3/t18-/m1/s1. The number of hydrogen-bond acceptors (Lipinski definition) is 4. The van der Waals surface area contributed by atoms with Gasteiger partial charge in [-0.1, -0.05) is 63.6 Å². The second kappa shape index (κ2) is 10.0. The first-order valence-electron chi connectivity index (χ1n) is 10.4. The molecule has 0 saturated carbocycles. The van der Waals surface area contributed by atoms with Crippen LogP contribution in [0.1, 0.15) is 58.6 Å². The van der Waals surface area contributed by atoms with Gasteiger partial charge in [0.15, 0.2) is 0 Å². The fourth-order valence-electron chi connectivity index (χ4n) is 3.21. The van der Waals surface area contributed by atoms with Crippen LogP contribution in [0.25, 0.3) is 0 Å². The van der Waals surface area contributed by atoms with E-state index in [0.29, 0.717) is 18.5 Å². The summed E-state index contributed by atoms with van der Waals surface area (Å²) in [4.78, 5) is 14.7. The Morgan fingerprint density at radius 2 is 1.74 bits per heavy atom. The number of aryl methyl sites for hydroxylation is 1. The summed E-state index contributed by atoms with van der Waals surface area (Å²) in [7, 11) is -4.06. The van der Waals surface area contributed by atoms with Gasteiger partial charge in [0, 0.05) is 19.0 Å². The maximum absolute atomic E-state index is 12.8. The molecular weight excluding hydrogens is 434 g/mol. The van der Waals surface area contributed by atoms with Crippen molar-refractivity contribution in [1.29, 1.82) is 0 Å². The minimum atomic E-state index is -4.06. The third-order valence-corrected chi connectivity index (χ3v) is 6.90. The Bertz CT molecular complexity index is 991. The van der Waals surface area contributed by atoms with E-state index in [4.69, 9.17) is 15.8 Å². The molecule has 0 fully saturated rings. The van der Waals surface area contributed by atoms with Crippen molar-refractivity contribution in [3.05, 3.63) is 58.6 Å². The second-order valence-electron chi connectivity index (χ2n) is 9.08. The van der Waals surface area contributed by atoms with Gasteiger partial charge in [0.25, 0.3) is 0 Å². The molecule has 0 aliphatic heterocycles. The first-order chi connectivity index (χ1) is 14.3. The van der Waals surface area contributed by atoms with Crippen LogP contribution in [-0.4, -0.2) is 25.3 Å². The van der Waals surface area contributed by atoms with E-state index in [1.807, 2.05) is 32.6 Å². The highest BCUT2D eigenvalue weighted by Gasteiger charge is 2.25. The Labute approximate surface area is 191 Å². The molecule has 0 saturated heterocycles. The summed E-state index contributed by atoms with van der Waals surface area (Å²) in [6, 6.07) is 11.7. The van der Waals surface area contributed by atoms with Gasteiger partial charge in [-0.15, -0.1) is 0 Å². The van der Waals surface area contributed by atoms with E-state index >= 15 is 0 Å². The van der Waals surface area contributed by atoms with E-state index in [0.717, 1.165) is 12.0 Å². The van der Waals surface area contributed by atoms with Gasteiger partial charge < -0.3 is 9.08 Å². The van der Waals surface area contributed by atoms with Crippen LogP contribution in [-0.2, 0) is 21.5 Å². The third-order valence-electron chi connectivity index (χ3n) is 5.02. The first-order valence-corrected chi connectivity index (χ1v) is 12.2. The molecule has 0 spiro atoms. The predicted molar refractivity (Wildman–Crippen MR) is 125 cm³/mol. The van der Waals surface area contributed by atoms with Gasteiger partial charge >= 0.3 is 10.1 Å². The van der Waals surface area contributed by atoms with Gasteiger partial charge in [0.2, 0.25) is 5.91 Å². The largest absolute Gasteiger partial charge is 0.379 e. The molecule has 2 aromatic rings. The Balaban J connectivity index is 2.19. The summed E-state index contributed by atoms with van der Waals surface area (Å²) in [6.07, 6.45) is 1.32. The summed E-state index contributed by atoms with van der Waals surface area (Å²) in [5.41, 5.74) is 1.33. The van der Waals surface area contributed by atoms with E-state index < -0.39 is 10.1 Å². The van der Waals surface area contributed by atoms with E-state index in [9.17, 15) is 13.2 Å². The van der Waals surface area contributed by atoms with Crippen LogP contribution in [0.3, 0.4) is 0 Å². The maximum Gasteiger partial charge on any atom is 0.340 e. The lowest BCUT2D eigenvalue weighted by atomic mass is 9.91. The maximum atomic E-state index is 12.8. The molecule has 7 heteroatoms. The Kier molecular flexibility index (Phi) is 8.17. The minimum Gasteiger partial charge on any atom is -0.379 e. The van der Waals surface area contributed by atoms with E-state index in [1.54, 1.807) is 43.3 Å². The second-order valence-corrected chi connectivity index (χ2v) is 11.0. The van der Waals surface area contributed by atoms with E-state index in [2.05, 4.69) is 6.92 Å². The zero-order valence-electron chi connectivity index (χ0n) is 19.1. The molecule has 170 valence electrons. The lowest BCUT2D eigenvalue weighted by molar-refractivity contribution is -0.135. The topological polar surface area (TPSA) is 63.7 Å². The molecule has 0 aromatic heterocycles. The summed E-state index contributed by atoms with van der Waals surface area (Å²) >= 11 is 6.08. The van der Waals surface area contributed by atoms with E-state index in [-0.39, 0.29) is 33.0 Å². The van der Waals surface area contributed by atoms with Crippen LogP contribution >= 0.6 is 11.6 Å². The molecule has 1 atom stereocenters. The Morgan fingerprint density at radius 3 is 2.26 bits per heavy atom. The lowest BCUT2D eigenvalue weighted by Crippen LogP contribution is -2.39. The Morgan fingerprint density at radius 1 is 1.13 bits per heavy atom. The van der Waals surface area contributed by atoms with Crippen LogP contribution in [0.5, 0.6) is 5.75 Å². The van der Waals surface area contributed by atoms with Crippen molar-refractivity contribution in [3.8, 4) is 5.75 Å². The van der Waals surface area contributed by atoms with Crippen molar-refractivity contribution in [1.82, 2.24) is 4.90 Å². The average molecular weight is 466 g/mol. The van der Waals surface area contributed by atoms with Crippen molar-refractivity contribution in [2.45, 2.75) is 71.9 Å². The zero-order valence-corrected chi connectivity index (χ0v) is 20.7. The van der Waals surface area contributed by atoms with Crippen molar-refractivity contribution in [3.63, 3.8) is 0 Å². The number of rotatable bonds is 8. The SMILES string of the molecule is CC[C@@H](C)N(Cc1ccc(OS(=O)(=O)c2c(C)cccc2Cl)cc1)C(=O)CC(C)(C)C. The fourth-order valence-corrected chi connectivity index (χ4v) is 4.94. The molecule has 0 aliphatic rings. The monoisotopic (exact) mass is 465 g/mol. The summed E-state index contributed by atoms with van der Waals surface area (Å²) in [5, 5.41) is 0.123. The van der Waals surface area contributed by atoms with Gasteiger partial charge in [-0.2, -0.15) is 8.42 Å². The van der Waals surface area contributed by atoms with Crippen molar-refractivity contribution >= 4 is 27.6 Å². The summed E-state index contributed by atoms with van der Waals surface area (Å²) in [5.74, 6) is 0.304. The third kappa shape index (κ3) is 6.97. The number of amides is 1. The molecule has 0 N–H and O–H groups in total. The molecule has 5 nitrogen and oxygen atoms in total.